The van der Waals surface area contributed by atoms with Crippen LogP contribution in [0.5, 0.6) is 0 Å². The molecular weight excluding hydrogens is 863 g/mol. The summed E-state index contributed by atoms with van der Waals surface area (Å²) in [6.45, 7) is 0. The number of nitrogens with one attached hydrogen (secondary N) is 2. The molecule has 0 saturated heterocycles. The molecule has 0 spiro atoms. The number of hydrogen-bond acceptors (Lipinski definition) is 11. The van der Waals surface area contributed by atoms with Gasteiger partial charge in [0.25, 0.3) is 0 Å². The van der Waals surface area contributed by atoms with Gasteiger partial charge in [-0.15, -0.1) is 22.7 Å². The van der Waals surface area contributed by atoms with E-state index < -0.39 is 0 Å². The zero-order chi connectivity index (χ0) is 42.6. The number of thiazole rings is 1. The number of aromatic nitrogens is 4. The quantitative estimate of drug-likeness (QED) is 0.162. The molecule has 8 aromatic carbocycles. The Balaban J connectivity index is 1.18. The lowest BCUT2D eigenvalue weighted by Gasteiger charge is -2.27. The molecule has 0 amide bonds. The minimum atomic E-state index is 0.493. The summed E-state index contributed by atoms with van der Waals surface area (Å²) in [5.74, 6) is 1.67. The Kier molecular flexibility index (Phi) is 8.05. The molecule has 6 heterocycles. The highest BCUT2D eigenvalue weighted by Gasteiger charge is 2.43. The molecule has 0 radical (unpaired) electrons. The third-order valence-electron chi connectivity index (χ3n) is 11.9. The van der Waals surface area contributed by atoms with Crippen LogP contribution in [0, 0.1) is 0 Å². The zero-order valence-electron chi connectivity index (χ0n) is 34.0. The number of imidazole rings is 1. The first-order chi connectivity index (χ1) is 32.2. The monoisotopic (exact) mass is 893 g/mol. The maximum atomic E-state index is 6.93. The van der Waals surface area contributed by atoms with Crippen molar-refractivity contribution in [1.82, 2.24) is 19.9 Å². The van der Waals surface area contributed by atoms with E-state index in [2.05, 4.69) is 119 Å². The third kappa shape index (κ3) is 5.81. The maximum Gasteiger partial charge on any atom is 0.243 e. The summed E-state index contributed by atoms with van der Waals surface area (Å²) in [6.07, 6.45) is 0. The highest BCUT2D eigenvalue weighted by molar-refractivity contribution is 8.00. The molecule has 5 aromatic heterocycles. The number of fused-ring (bicyclic) bond motifs is 7. The van der Waals surface area contributed by atoms with Gasteiger partial charge in [0.1, 0.15) is 21.8 Å². The molecule has 13 aromatic rings. The molecule has 65 heavy (non-hydrogen) atoms. The largest absolute Gasteiger partial charge is 0.438 e. The molecule has 308 valence electrons. The van der Waals surface area contributed by atoms with E-state index in [1.165, 1.54) is 4.70 Å². The van der Waals surface area contributed by atoms with Gasteiger partial charge in [0.05, 0.1) is 38.1 Å². The molecule has 9 nitrogen and oxygen atoms in total. The number of furan rings is 1. The first-order valence-electron chi connectivity index (χ1n) is 21.1. The fraction of sp³-hybridized carbons (Fsp3) is 0. The van der Waals surface area contributed by atoms with Crippen LogP contribution in [0.3, 0.4) is 0 Å². The van der Waals surface area contributed by atoms with Crippen LogP contribution in [0.2, 0.25) is 0 Å². The van der Waals surface area contributed by atoms with Gasteiger partial charge in [-0.2, -0.15) is 10.1 Å². The van der Waals surface area contributed by atoms with Crippen LogP contribution in [0.1, 0.15) is 0 Å². The first kappa shape index (κ1) is 36.6. The summed E-state index contributed by atoms with van der Waals surface area (Å²) in [6, 6.07) is 60.5. The van der Waals surface area contributed by atoms with Gasteiger partial charge in [-0.1, -0.05) is 121 Å². The number of H-pyrrole nitrogens is 1. The number of para-hydroxylation sites is 6. The minimum absolute atomic E-state index is 0.493. The Morgan fingerprint density at radius 1 is 0.538 bits per heavy atom. The van der Waals surface area contributed by atoms with Crippen LogP contribution in [-0.4, -0.2) is 19.9 Å². The van der Waals surface area contributed by atoms with Crippen LogP contribution in [-0.2, 0) is 0 Å². The zero-order valence-corrected chi connectivity index (χ0v) is 36.5. The van der Waals surface area contributed by atoms with E-state index in [4.69, 9.17) is 23.8 Å². The molecule has 0 bridgehead atoms. The lowest BCUT2D eigenvalue weighted by atomic mass is 9.97. The molecule has 2 N–H and O–H groups in total. The first-order valence-corrected chi connectivity index (χ1v) is 23.5. The third-order valence-corrected chi connectivity index (χ3v) is 15.3. The Hall–Kier alpha value is -7.90. The van der Waals surface area contributed by atoms with Crippen molar-refractivity contribution in [2.75, 3.05) is 15.6 Å². The van der Waals surface area contributed by atoms with Crippen LogP contribution in [0.4, 0.5) is 23.2 Å². The number of anilines is 4. The standard InChI is InChI=1S/C53H31N7O2S3/c1-4-18-33-30(14-1)17-13-27-41(33)64-50-45(43-28-32-16-3-11-25-40(32)63-43)49-48(46(52-55-37-22-8-12-26-42(37)65-52)47(50)51-54-36-21-7-10-24-39(36)62-51)58-60(53-56-34-19-5-6-20-35(34)57-53)59(49)44-29-31-15-2-9-23-38(31)61-44/h1-29,58H,(H,56,57). The van der Waals surface area contributed by atoms with E-state index in [0.29, 0.717) is 23.3 Å². The van der Waals surface area contributed by atoms with Gasteiger partial charge in [0.15, 0.2) is 5.58 Å². The van der Waals surface area contributed by atoms with Crippen molar-refractivity contribution in [3.05, 3.63) is 176 Å². The van der Waals surface area contributed by atoms with Crippen molar-refractivity contribution in [2.24, 2.45) is 0 Å². The number of rotatable bonds is 7. The lowest BCUT2D eigenvalue weighted by Crippen LogP contribution is -2.39. The van der Waals surface area contributed by atoms with Crippen molar-refractivity contribution in [2.45, 2.75) is 9.79 Å². The average molecular weight is 894 g/mol. The number of hydrogen-bond donors (Lipinski definition) is 2. The predicted octanol–water partition coefficient (Wildman–Crippen LogP) is 15.5. The molecule has 0 aliphatic carbocycles. The predicted molar refractivity (Wildman–Crippen MR) is 267 cm³/mol. The van der Waals surface area contributed by atoms with Crippen molar-refractivity contribution in [3.8, 4) is 32.5 Å². The van der Waals surface area contributed by atoms with Crippen LogP contribution >= 0.6 is 34.4 Å². The summed E-state index contributed by atoms with van der Waals surface area (Å²) in [5, 5.41) is 9.33. The Morgan fingerprint density at radius 2 is 1.26 bits per heavy atom. The van der Waals surface area contributed by atoms with E-state index in [-0.39, 0.29) is 0 Å². The molecule has 0 unspecified atom stereocenters. The smallest absolute Gasteiger partial charge is 0.243 e. The lowest BCUT2D eigenvalue weighted by molar-refractivity contribution is 0.604. The van der Waals surface area contributed by atoms with Crippen molar-refractivity contribution >= 4 is 122 Å². The number of oxazole rings is 1. The van der Waals surface area contributed by atoms with E-state index in [9.17, 15) is 0 Å². The molecule has 1 aliphatic heterocycles. The molecule has 0 fully saturated rings. The Labute approximate surface area is 382 Å². The van der Waals surface area contributed by atoms with Crippen LogP contribution in [0.25, 0.3) is 96.6 Å². The number of hydrazine groups is 2. The Morgan fingerprint density at radius 3 is 2.09 bits per heavy atom. The Bertz CT molecular complexity index is 3860. The van der Waals surface area contributed by atoms with Crippen LogP contribution < -0.4 is 15.6 Å². The fourth-order valence-electron chi connectivity index (χ4n) is 8.97. The number of thiophene rings is 1. The molecule has 0 atom stereocenters. The van der Waals surface area contributed by atoms with Gasteiger partial charge in [0.2, 0.25) is 17.7 Å². The van der Waals surface area contributed by atoms with Crippen molar-refractivity contribution in [3.63, 3.8) is 0 Å². The molecular formula is C53H31N7O2S3. The summed E-state index contributed by atoms with van der Waals surface area (Å²) in [4.78, 5) is 22.7. The minimum Gasteiger partial charge on any atom is -0.438 e. The van der Waals surface area contributed by atoms with Gasteiger partial charge in [0, 0.05) is 36.4 Å². The highest BCUT2D eigenvalue weighted by atomic mass is 32.2. The van der Waals surface area contributed by atoms with Gasteiger partial charge in [-0.3, -0.25) is 5.43 Å². The summed E-state index contributed by atoms with van der Waals surface area (Å²) in [7, 11) is 0. The van der Waals surface area contributed by atoms with Gasteiger partial charge < -0.3 is 13.8 Å². The SMILES string of the molecule is c1ccc2oc(N3c4c(c(-c5nc6ccccc6s5)c(-c5nc6ccccc6o5)c(Sc5cccc6ccccc56)c4-c4cc5ccccc5s4)NN3c3nc4ccccc4[nH]3)cc2c1. The molecule has 14 rings (SSSR count). The number of benzene rings is 8. The maximum absolute atomic E-state index is 6.93. The van der Waals surface area contributed by atoms with E-state index in [0.717, 1.165) is 102 Å². The van der Waals surface area contributed by atoms with Gasteiger partial charge in [-0.25, -0.2) is 15.0 Å². The molecule has 12 heteroatoms. The fourth-order valence-corrected chi connectivity index (χ4v) is 12.4. The summed E-state index contributed by atoms with van der Waals surface area (Å²) >= 11 is 5.12. The van der Waals surface area contributed by atoms with Crippen LogP contribution in [0.15, 0.2) is 195 Å². The highest BCUT2D eigenvalue weighted by Crippen LogP contribution is 2.62. The van der Waals surface area contributed by atoms with Gasteiger partial charge >= 0.3 is 0 Å². The normalized spacial score (nSPS) is 12.7. The van der Waals surface area contributed by atoms with Gasteiger partial charge in [-0.05, 0) is 76.8 Å². The second-order valence-corrected chi connectivity index (χ2v) is 19.0. The second kappa shape index (κ2) is 14.3. The summed E-state index contributed by atoms with van der Waals surface area (Å²) in [5.41, 5.74) is 13.1. The average Bonchev–Trinajstić information content (AvgIpc) is 4.21. The van der Waals surface area contributed by atoms with Crippen molar-refractivity contribution in [1.29, 1.82) is 0 Å². The van der Waals surface area contributed by atoms with E-state index in [1.807, 2.05) is 77.9 Å². The summed E-state index contributed by atoms with van der Waals surface area (Å²) < 4.78 is 16.1. The number of nitrogens with zero attached hydrogens (tertiary/aromatic N) is 5. The second-order valence-electron chi connectivity index (χ2n) is 15.8. The topological polar surface area (TPSA) is 99.2 Å². The molecule has 1 aliphatic rings. The van der Waals surface area contributed by atoms with E-state index in [1.54, 1.807) is 34.4 Å². The van der Waals surface area contributed by atoms with Crippen molar-refractivity contribution < 1.29 is 8.83 Å². The number of aromatic amines is 1. The molecule has 0 saturated carbocycles. The van der Waals surface area contributed by atoms with E-state index >= 15 is 0 Å².